The molecule has 3 amide bonds. The summed E-state index contributed by atoms with van der Waals surface area (Å²) >= 11 is 0. The number of aromatic nitrogens is 2. The zero-order valence-corrected chi connectivity index (χ0v) is 21.5. The second-order valence-corrected chi connectivity index (χ2v) is 11.5. The van der Waals surface area contributed by atoms with Crippen molar-refractivity contribution in [3.8, 4) is 5.75 Å². The van der Waals surface area contributed by atoms with Crippen molar-refractivity contribution in [3.63, 3.8) is 0 Å². The molecule has 9 heteroatoms. The van der Waals surface area contributed by atoms with Crippen LogP contribution in [0.25, 0.3) is 0 Å². The molecule has 38 heavy (non-hydrogen) atoms. The van der Waals surface area contributed by atoms with Crippen molar-refractivity contribution >= 4 is 17.7 Å². The predicted molar refractivity (Wildman–Crippen MR) is 137 cm³/mol. The first kappa shape index (κ1) is 23.8. The van der Waals surface area contributed by atoms with Crippen molar-refractivity contribution in [2.75, 3.05) is 13.1 Å². The maximum atomic E-state index is 13.0. The van der Waals surface area contributed by atoms with Crippen molar-refractivity contribution in [2.24, 2.45) is 0 Å². The van der Waals surface area contributed by atoms with E-state index in [4.69, 9.17) is 4.74 Å². The van der Waals surface area contributed by atoms with Crippen molar-refractivity contribution in [1.29, 1.82) is 0 Å². The zero-order chi connectivity index (χ0) is 25.8. The maximum Gasteiger partial charge on any atom is 0.255 e. The standard InChI is InChI=1S/C29H33N5O4/c35-26-10-9-24(28(36)32-26)34-16-18-11-21(7-8-22(18)29(34)37)38-25-4-2-1-3-23(25)33-14-20(15-33)27-30-12-19(13-31-27)17-5-6-17/h7-8,11-13,17,20,23-25H,1-6,9-10,14-16H2,(H,32,35,36)/t23-,24?,25-/m0/s1. The van der Waals surface area contributed by atoms with Gasteiger partial charge in [-0.15, -0.1) is 0 Å². The number of fused-ring (bicyclic) bond motifs is 1. The molecule has 1 N–H and O–H groups in total. The summed E-state index contributed by atoms with van der Waals surface area (Å²) in [5, 5.41) is 2.36. The molecule has 2 aliphatic carbocycles. The van der Waals surface area contributed by atoms with E-state index in [0.29, 0.717) is 36.4 Å². The number of hydrogen-bond donors (Lipinski definition) is 1. The number of nitrogens with zero attached hydrogens (tertiary/aromatic N) is 4. The second-order valence-electron chi connectivity index (χ2n) is 11.5. The van der Waals surface area contributed by atoms with E-state index in [9.17, 15) is 14.4 Å². The average Bonchev–Trinajstić information content (AvgIpc) is 3.69. The molecule has 0 radical (unpaired) electrons. The van der Waals surface area contributed by atoms with Crippen LogP contribution in [0.3, 0.4) is 0 Å². The van der Waals surface area contributed by atoms with E-state index in [1.807, 2.05) is 30.6 Å². The number of carbonyl (C=O) groups is 3. The topological polar surface area (TPSA) is 105 Å². The van der Waals surface area contributed by atoms with Gasteiger partial charge in [-0.1, -0.05) is 6.42 Å². The Bertz CT molecular complexity index is 1270. The van der Waals surface area contributed by atoms with Crippen molar-refractivity contribution in [1.82, 2.24) is 25.1 Å². The fraction of sp³-hybridized carbons (Fsp3) is 0.552. The Kier molecular flexibility index (Phi) is 5.91. The molecule has 2 saturated heterocycles. The molecule has 2 aromatic rings. The molecule has 4 heterocycles. The van der Waals surface area contributed by atoms with Crippen LogP contribution in [0.4, 0.5) is 0 Å². The summed E-state index contributed by atoms with van der Waals surface area (Å²) in [5.74, 6) is 1.98. The summed E-state index contributed by atoms with van der Waals surface area (Å²) in [4.78, 5) is 50.3. The zero-order valence-electron chi connectivity index (χ0n) is 21.5. The number of hydrogen-bond acceptors (Lipinski definition) is 7. The van der Waals surface area contributed by atoms with E-state index in [1.54, 1.807) is 4.90 Å². The molecule has 1 aromatic carbocycles. The van der Waals surface area contributed by atoms with Gasteiger partial charge in [-0.3, -0.25) is 24.6 Å². The van der Waals surface area contributed by atoms with E-state index >= 15 is 0 Å². The Labute approximate surface area is 222 Å². The Morgan fingerprint density at radius 2 is 1.71 bits per heavy atom. The number of piperidine rings is 1. The second kappa shape index (κ2) is 9.45. The number of amides is 3. The first-order valence-electron chi connectivity index (χ1n) is 14.0. The lowest BCUT2D eigenvalue weighted by molar-refractivity contribution is -0.136. The molecule has 7 rings (SSSR count). The Morgan fingerprint density at radius 3 is 2.47 bits per heavy atom. The predicted octanol–water partition coefficient (Wildman–Crippen LogP) is 2.90. The Morgan fingerprint density at radius 1 is 0.921 bits per heavy atom. The summed E-state index contributed by atoms with van der Waals surface area (Å²) in [6.45, 7) is 2.29. The van der Waals surface area contributed by atoms with Gasteiger partial charge in [0.25, 0.3) is 5.91 Å². The lowest BCUT2D eigenvalue weighted by Crippen LogP contribution is -2.57. The van der Waals surface area contributed by atoms with E-state index in [2.05, 4.69) is 20.2 Å². The molecule has 5 aliphatic rings. The number of imide groups is 1. The number of carbonyl (C=O) groups excluding carboxylic acids is 3. The fourth-order valence-electron chi connectivity index (χ4n) is 6.56. The van der Waals surface area contributed by atoms with Crippen LogP contribution in [0.15, 0.2) is 30.6 Å². The number of benzene rings is 1. The molecule has 9 nitrogen and oxygen atoms in total. The molecular weight excluding hydrogens is 482 g/mol. The van der Waals surface area contributed by atoms with Crippen LogP contribution in [-0.4, -0.2) is 68.8 Å². The fourth-order valence-corrected chi connectivity index (χ4v) is 6.56. The molecule has 3 aliphatic heterocycles. The van der Waals surface area contributed by atoms with Gasteiger partial charge in [-0.05, 0) is 73.8 Å². The lowest BCUT2D eigenvalue weighted by Gasteiger charge is -2.47. The summed E-state index contributed by atoms with van der Waals surface area (Å²) in [7, 11) is 0. The first-order valence-corrected chi connectivity index (χ1v) is 14.0. The molecule has 3 atom stereocenters. The van der Waals surface area contributed by atoms with E-state index in [0.717, 1.165) is 49.5 Å². The smallest absolute Gasteiger partial charge is 0.255 e. The third-order valence-electron chi connectivity index (χ3n) is 8.93. The van der Waals surface area contributed by atoms with Crippen LogP contribution in [0.2, 0.25) is 0 Å². The van der Waals surface area contributed by atoms with Gasteiger partial charge in [-0.25, -0.2) is 9.97 Å². The Balaban J connectivity index is 0.997. The SMILES string of the molecule is O=C1CCC(N2Cc3cc(O[C@H]4CCCC[C@@H]4N4CC(c5ncc(C6CC6)cn5)C4)ccc3C2=O)C(=O)N1. The van der Waals surface area contributed by atoms with Crippen LogP contribution >= 0.6 is 0 Å². The number of nitrogens with one attached hydrogen (secondary N) is 1. The number of likely N-dealkylation sites (tertiary alicyclic amines) is 1. The van der Waals surface area contributed by atoms with Gasteiger partial charge in [0.05, 0.1) is 0 Å². The van der Waals surface area contributed by atoms with Crippen LogP contribution in [0.1, 0.15) is 90.5 Å². The van der Waals surface area contributed by atoms with Gasteiger partial charge < -0.3 is 9.64 Å². The van der Waals surface area contributed by atoms with Gasteiger partial charge in [0.15, 0.2) is 0 Å². The normalized spacial score (nSPS) is 28.2. The van der Waals surface area contributed by atoms with Gasteiger partial charge >= 0.3 is 0 Å². The van der Waals surface area contributed by atoms with Crippen molar-refractivity contribution in [3.05, 3.63) is 53.1 Å². The minimum absolute atomic E-state index is 0.101. The quantitative estimate of drug-likeness (QED) is 0.590. The highest BCUT2D eigenvalue weighted by molar-refractivity contribution is 6.05. The van der Waals surface area contributed by atoms with Crippen LogP contribution < -0.4 is 10.1 Å². The number of ether oxygens (including phenoxy) is 1. The summed E-state index contributed by atoms with van der Waals surface area (Å²) in [5.41, 5.74) is 2.77. The van der Waals surface area contributed by atoms with Gasteiger partial charge in [0, 0.05) is 56.0 Å². The molecule has 1 aromatic heterocycles. The summed E-state index contributed by atoms with van der Waals surface area (Å²) in [6.07, 6.45) is 11.8. The van der Waals surface area contributed by atoms with Gasteiger partial charge in [0.1, 0.15) is 23.7 Å². The van der Waals surface area contributed by atoms with Crippen LogP contribution in [0.5, 0.6) is 5.75 Å². The molecule has 4 fully saturated rings. The van der Waals surface area contributed by atoms with Crippen LogP contribution in [0, 0.1) is 0 Å². The lowest BCUT2D eigenvalue weighted by atomic mass is 9.86. The average molecular weight is 516 g/mol. The third kappa shape index (κ3) is 4.36. The Hall–Kier alpha value is -3.33. The molecule has 198 valence electrons. The molecule has 0 spiro atoms. The largest absolute Gasteiger partial charge is 0.489 e. The highest BCUT2D eigenvalue weighted by Gasteiger charge is 2.42. The minimum atomic E-state index is -0.604. The molecule has 2 saturated carbocycles. The van der Waals surface area contributed by atoms with Crippen molar-refractivity contribution in [2.45, 2.75) is 87.9 Å². The van der Waals surface area contributed by atoms with E-state index in [1.165, 1.54) is 24.8 Å². The molecule has 0 bridgehead atoms. The minimum Gasteiger partial charge on any atom is -0.489 e. The van der Waals surface area contributed by atoms with E-state index < -0.39 is 6.04 Å². The first-order chi connectivity index (χ1) is 18.5. The molecular formula is C29H33N5O4. The van der Waals surface area contributed by atoms with Crippen molar-refractivity contribution < 1.29 is 19.1 Å². The highest BCUT2D eigenvalue weighted by atomic mass is 16.5. The summed E-state index contributed by atoms with van der Waals surface area (Å²) < 4.78 is 6.56. The van der Waals surface area contributed by atoms with Gasteiger partial charge in [0.2, 0.25) is 11.8 Å². The number of rotatable bonds is 6. The monoisotopic (exact) mass is 515 g/mol. The highest BCUT2D eigenvalue weighted by Crippen LogP contribution is 2.40. The summed E-state index contributed by atoms with van der Waals surface area (Å²) in [6, 6.07) is 5.41. The van der Waals surface area contributed by atoms with E-state index in [-0.39, 0.29) is 30.2 Å². The van der Waals surface area contributed by atoms with Gasteiger partial charge in [-0.2, -0.15) is 0 Å². The third-order valence-corrected chi connectivity index (χ3v) is 8.93. The molecule has 1 unspecified atom stereocenters. The maximum absolute atomic E-state index is 13.0. The van der Waals surface area contributed by atoms with Crippen LogP contribution in [-0.2, 0) is 16.1 Å².